The minimum atomic E-state index is -0.0192. The number of ether oxygens (including phenoxy) is 3. The summed E-state index contributed by atoms with van der Waals surface area (Å²) in [6.07, 6.45) is 16.5. The molecule has 0 bridgehead atoms. The van der Waals surface area contributed by atoms with Gasteiger partial charge in [-0.25, -0.2) is 0 Å². The molecule has 0 N–H and O–H groups in total. The van der Waals surface area contributed by atoms with E-state index < -0.39 is 0 Å². The van der Waals surface area contributed by atoms with Crippen LogP contribution in [0, 0.1) is 17.8 Å². The van der Waals surface area contributed by atoms with Crippen molar-refractivity contribution in [1.82, 2.24) is 19.6 Å². The molecule has 4 aliphatic heterocycles. The normalized spacial score (nSPS) is 33.7. The summed E-state index contributed by atoms with van der Waals surface area (Å²) in [5, 5.41) is 0. The van der Waals surface area contributed by atoms with Crippen molar-refractivity contribution in [2.75, 3.05) is 79.0 Å². The van der Waals surface area contributed by atoms with Crippen molar-refractivity contribution in [3.05, 3.63) is 0 Å². The Bertz CT molecular complexity index is 833. The molecule has 6 aliphatic rings. The number of carbonyl (C=O) groups is 1. The van der Waals surface area contributed by atoms with E-state index >= 15 is 0 Å². The minimum absolute atomic E-state index is 0.0192. The van der Waals surface area contributed by atoms with Crippen LogP contribution in [0.15, 0.2) is 0 Å². The molecule has 6 fully saturated rings. The molecule has 0 aromatic carbocycles. The number of likely N-dealkylation sites (tertiary alicyclic amines) is 4. The van der Waals surface area contributed by atoms with E-state index in [-0.39, 0.29) is 18.2 Å². The van der Waals surface area contributed by atoms with Crippen LogP contribution in [-0.4, -0.2) is 135 Å². The number of hydrogen-bond acceptors (Lipinski definition) is 8. The molecule has 4 heterocycles. The number of piperidine rings is 4. The van der Waals surface area contributed by atoms with Crippen LogP contribution in [0.3, 0.4) is 0 Å². The predicted octanol–water partition coefficient (Wildman–Crippen LogP) is 4.27. The molecule has 0 radical (unpaired) electrons. The second-order valence-corrected chi connectivity index (χ2v) is 15.5. The lowest BCUT2D eigenvalue weighted by Crippen LogP contribution is -2.46. The second kappa shape index (κ2) is 15.7. The van der Waals surface area contributed by atoms with E-state index in [1.165, 1.54) is 104 Å². The molecule has 246 valence electrons. The summed E-state index contributed by atoms with van der Waals surface area (Å²) in [7, 11) is 2.24. The van der Waals surface area contributed by atoms with Crippen LogP contribution in [0.1, 0.15) is 90.4 Å². The van der Waals surface area contributed by atoms with E-state index in [0.29, 0.717) is 24.7 Å². The first-order valence-electron chi connectivity index (χ1n) is 18.3. The molecule has 4 saturated heterocycles. The summed E-state index contributed by atoms with van der Waals surface area (Å²) < 4.78 is 18.5. The third kappa shape index (κ3) is 9.86. The van der Waals surface area contributed by atoms with Crippen LogP contribution in [-0.2, 0) is 19.0 Å². The Labute approximate surface area is 262 Å². The molecular weight excluding hydrogens is 540 g/mol. The lowest BCUT2D eigenvalue weighted by atomic mass is 9.84. The van der Waals surface area contributed by atoms with Gasteiger partial charge in [-0.1, -0.05) is 6.92 Å². The number of hydrogen-bond donors (Lipinski definition) is 0. The molecule has 0 aromatic rings. The van der Waals surface area contributed by atoms with Gasteiger partial charge in [0.25, 0.3) is 0 Å². The molecule has 8 heteroatoms. The van der Waals surface area contributed by atoms with E-state index in [0.717, 1.165) is 63.1 Å². The van der Waals surface area contributed by atoms with E-state index in [4.69, 9.17) is 14.2 Å². The Morgan fingerprint density at radius 3 is 1.56 bits per heavy atom. The van der Waals surface area contributed by atoms with Crippen molar-refractivity contribution in [2.24, 2.45) is 17.8 Å². The van der Waals surface area contributed by atoms with Crippen molar-refractivity contribution < 1.29 is 19.0 Å². The molecule has 6 rings (SSSR count). The number of rotatable bonds is 12. The van der Waals surface area contributed by atoms with Gasteiger partial charge in [0.15, 0.2) is 0 Å². The van der Waals surface area contributed by atoms with Crippen molar-refractivity contribution in [2.45, 2.75) is 121 Å². The van der Waals surface area contributed by atoms with Gasteiger partial charge < -0.3 is 33.8 Å². The third-order valence-electron chi connectivity index (χ3n) is 11.7. The Morgan fingerprint density at radius 2 is 1.05 bits per heavy atom. The van der Waals surface area contributed by atoms with Gasteiger partial charge in [-0.3, -0.25) is 4.79 Å². The first-order chi connectivity index (χ1) is 20.9. The van der Waals surface area contributed by atoms with E-state index in [1.807, 2.05) is 0 Å². The van der Waals surface area contributed by atoms with Crippen LogP contribution < -0.4 is 0 Å². The van der Waals surface area contributed by atoms with Crippen molar-refractivity contribution in [1.29, 1.82) is 0 Å². The zero-order chi connectivity index (χ0) is 29.6. The average Bonchev–Trinajstić information content (AvgIpc) is 2.98. The van der Waals surface area contributed by atoms with Gasteiger partial charge in [-0.2, -0.15) is 0 Å². The second-order valence-electron chi connectivity index (χ2n) is 15.5. The highest BCUT2D eigenvalue weighted by atomic mass is 16.6. The summed E-state index contributed by atoms with van der Waals surface area (Å²) in [4.78, 5) is 22.8. The maximum atomic E-state index is 12.5. The summed E-state index contributed by atoms with van der Waals surface area (Å²) >= 11 is 0. The molecule has 8 nitrogen and oxygen atoms in total. The van der Waals surface area contributed by atoms with Gasteiger partial charge in [0.1, 0.15) is 6.10 Å². The molecule has 2 aliphatic carbocycles. The highest BCUT2D eigenvalue weighted by Gasteiger charge is 2.36. The summed E-state index contributed by atoms with van der Waals surface area (Å²) in [6.45, 7) is 15.2. The van der Waals surface area contributed by atoms with Crippen LogP contribution >= 0.6 is 0 Å². The lowest BCUT2D eigenvalue weighted by molar-refractivity contribution is -0.168. The van der Waals surface area contributed by atoms with Gasteiger partial charge in [0.2, 0.25) is 0 Å². The molecule has 0 unspecified atom stereocenters. The Balaban J connectivity index is 0.759. The smallest absolute Gasteiger partial charge is 0.307 e. The fourth-order valence-electron chi connectivity index (χ4n) is 8.53. The van der Waals surface area contributed by atoms with Gasteiger partial charge in [-0.05, 0) is 115 Å². The van der Waals surface area contributed by atoms with Gasteiger partial charge in [-0.15, -0.1) is 0 Å². The summed E-state index contributed by atoms with van der Waals surface area (Å²) in [6, 6.07) is 0. The highest BCUT2D eigenvalue weighted by Crippen LogP contribution is 2.33. The molecule has 0 amide bonds. The van der Waals surface area contributed by atoms with Crippen molar-refractivity contribution >= 4 is 5.97 Å². The van der Waals surface area contributed by atoms with E-state index in [1.54, 1.807) is 0 Å². The number of esters is 1. The van der Waals surface area contributed by atoms with Crippen LogP contribution in [0.5, 0.6) is 0 Å². The zero-order valence-electron chi connectivity index (χ0n) is 27.5. The molecule has 0 aromatic heterocycles. The van der Waals surface area contributed by atoms with Crippen LogP contribution in [0.25, 0.3) is 0 Å². The maximum absolute atomic E-state index is 12.5. The van der Waals surface area contributed by atoms with Crippen LogP contribution in [0.2, 0.25) is 0 Å². The first kappa shape index (κ1) is 32.2. The fourth-order valence-corrected chi connectivity index (χ4v) is 8.53. The monoisotopic (exact) mass is 602 g/mol. The largest absolute Gasteiger partial charge is 0.462 e. The average molecular weight is 603 g/mol. The number of nitrogens with zero attached hydrogens (tertiary/aromatic N) is 4. The Hall–Kier alpha value is -0.770. The van der Waals surface area contributed by atoms with E-state index in [2.05, 4.69) is 33.6 Å². The van der Waals surface area contributed by atoms with Crippen LogP contribution in [0.4, 0.5) is 0 Å². The van der Waals surface area contributed by atoms with Crippen molar-refractivity contribution in [3.8, 4) is 0 Å². The minimum Gasteiger partial charge on any atom is -0.462 e. The van der Waals surface area contributed by atoms with Crippen molar-refractivity contribution in [3.63, 3.8) is 0 Å². The lowest BCUT2D eigenvalue weighted by Gasteiger charge is -2.41. The zero-order valence-corrected chi connectivity index (χ0v) is 27.5. The Morgan fingerprint density at radius 1 is 0.581 bits per heavy atom. The predicted molar refractivity (Wildman–Crippen MR) is 170 cm³/mol. The quantitative estimate of drug-likeness (QED) is 0.307. The summed E-state index contributed by atoms with van der Waals surface area (Å²) in [5.41, 5.74) is 0. The highest BCUT2D eigenvalue weighted by molar-refractivity contribution is 5.69. The SMILES string of the molecule is CC1CC(OC2CCN(CC3CCN(CCC(=O)OC4CC(OC5CCN(CC6CCN(C)CC6)CC5)C4)CC3)CC2)C1. The maximum Gasteiger partial charge on any atom is 0.307 e. The van der Waals surface area contributed by atoms with Gasteiger partial charge in [0, 0.05) is 58.7 Å². The van der Waals surface area contributed by atoms with E-state index in [9.17, 15) is 4.79 Å². The molecule has 2 saturated carbocycles. The third-order valence-corrected chi connectivity index (χ3v) is 11.7. The standard InChI is InChI=1S/C35H62N4O4/c1-27-21-32(22-27)41-30-7-16-39(17-8-30)26-29-5-14-37(15-6-29)20-11-35(40)43-34-23-33(24-34)42-31-9-18-38(19-10-31)25-28-3-12-36(2)13-4-28/h27-34H,3-26H2,1-2H3. The summed E-state index contributed by atoms with van der Waals surface area (Å²) in [5.74, 6) is 2.52. The fraction of sp³-hybridized carbons (Fsp3) is 0.971. The topological polar surface area (TPSA) is 57.7 Å². The molecule has 0 spiro atoms. The molecule has 0 atom stereocenters. The molecule has 43 heavy (non-hydrogen) atoms. The number of carbonyl (C=O) groups excluding carboxylic acids is 1. The first-order valence-corrected chi connectivity index (χ1v) is 18.3. The van der Waals surface area contributed by atoms with Gasteiger partial charge >= 0.3 is 5.97 Å². The Kier molecular flexibility index (Phi) is 11.7. The molecular formula is C35H62N4O4. The van der Waals surface area contributed by atoms with Gasteiger partial charge in [0.05, 0.1) is 30.8 Å².